The van der Waals surface area contributed by atoms with Gasteiger partial charge in [0.25, 0.3) is 5.91 Å². The van der Waals surface area contributed by atoms with E-state index in [-0.39, 0.29) is 24.4 Å². The van der Waals surface area contributed by atoms with Crippen molar-refractivity contribution in [3.8, 4) is 11.4 Å². The molecule has 0 radical (unpaired) electrons. The Morgan fingerprint density at radius 3 is 2.59 bits per heavy atom. The molecule has 1 aromatic heterocycles. The summed E-state index contributed by atoms with van der Waals surface area (Å²) in [6, 6.07) is 16.9. The summed E-state index contributed by atoms with van der Waals surface area (Å²) in [7, 11) is 0. The van der Waals surface area contributed by atoms with Crippen LogP contribution in [-0.4, -0.2) is 27.5 Å². The van der Waals surface area contributed by atoms with Crippen LogP contribution in [0.3, 0.4) is 0 Å². The fourth-order valence-electron chi connectivity index (χ4n) is 3.29. The van der Waals surface area contributed by atoms with Crippen molar-refractivity contribution in [2.45, 2.75) is 25.4 Å². The molecule has 1 unspecified atom stereocenters. The monoisotopic (exact) mass is 384 g/mol. The van der Waals surface area contributed by atoms with E-state index in [0.717, 1.165) is 24.0 Å². The summed E-state index contributed by atoms with van der Waals surface area (Å²) < 4.78 is 5.50. The summed E-state index contributed by atoms with van der Waals surface area (Å²) in [5.41, 5.74) is 8.23. The summed E-state index contributed by atoms with van der Waals surface area (Å²) >= 11 is 0. The van der Waals surface area contributed by atoms with Crippen LogP contribution >= 0.6 is 12.4 Å². The lowest BCUT2D eigenvalue weighted by Crippen LogP contribution is -2.30. The third kappa shape index (κ3) is 3.86. The number of nitrogens with two attached hydrogens (primary N) is 1. The molecule has 2 aromatic carbocycles. The fraction of sp³-hybridized carbons (Fsp3) is 0.250. The van der Waals surface area contributed by atoms with E-state index in [4.69, 9.17) is 10.3 Å². The minimum Gasteiger partial charge on any atom is -0.337 e. The molecular weight excluding hydrogens is 364 g/mol. The topological polar surface area (TPSA) is 85.2 Å². The molecule has 0 bridgehead atoms. The molecule has 1 fully saturated rings. The smallest absolute Gasteiger partial charge is 0.254 e. The van der Waals surface area contributed by atoms with Gasteiger partial charge in [-0.25, -0.2) is 0 Å². The molecule has 0 spiro atoms. The maximum Gasteiger partial charge on any atom is 0.254 e. The highest BCUT2D eigenvalue weighted by Gasteiger charge is 2.34. The molecule has 1 aliphatic heterocycles. The number of benzene rings is 2. The third-order valence-electron chi connectivity index (χ3n) is 4.71. The summed E-state index contributed by atoms with van der Waals surface area (Å²) in [6.07, 6.45) is 1.75. The number of carbonyl (C=O) groups is 1. The zero-order chi connectivity index (χ0) is 17.9. The molecule has 140 valence electrons. The van der Waals surface area contributed by atoms with Crippen molar-refractivity contribution in [1.82, 2.24) is 15.0 Å². The van der Waals surface area contributed by atoms with Crippen LogP contribution in [0, 0.1) is 0 Å². The van der Waals surface area contributed by atoms with E-state index >= 15 is 0 Å². The Bertz CT molecular complexity index is 896. The molecule has 1 saturated heterocycles. The third-order valence-corrected chi connectivity index (χ3v) is 4.71. The van der Waals surface area contributed by atoms with Gasteiger partial charge in [-0.2, -0.15) is 4.98 Å². The van der Waals surface area contributed by atoms with Gasteiger partial charge in [-0.15, -0.1) is 12.4 Å². The lowest BCUT2D eigenvalue weighted by molar-refractivity contribution is 0.0710. The molecule has 0 saturated carbocycles. The first-order valence-electron chi connectivity index (χ1n) is 8.75. The normalized spacial score (nSPS) is 16.2. The molecule has 2 heterocycles. The van der Waals surface area contributed by atoms with Crippen LogP contribution < -0.4 is 5.73 Å². The van der Waals surface area contributed by atoms with Gasteiger partial charge in [0.1, 0.15) is 6.04 Å². The van der Waals surface area contributed by atoms with Crippen molar-refractivity contribution >= 4 is 18.3 Å². The van der Waals surface area contributed by atoms with Gasteiger partial charge < -0.3 is 15.2 Å². The van der Waals surface area contributed by atoms with E-state index in [1.54, 1.807) is 0 Å². The van der Waals surface area contributed by atoms with Gasteiger partial charge in [-0.05, 0) is 30.5 Å². The summed E-state index contributed by atoms with van der Waals surface area (Å²) in [6.45, 7) is 1.19. The minimum atomic E-state index is -0.174. The maximum atomic E-state index is 12.8. The maximum absolute atomic E-state index is 12.8. The lowest BCUT2D eigenvalue weighted by atomic mass is 10.1. The fourth-order valence-corrected chi connectivity index (χ4v) is 3.29. The highest BCUT2D eigenvalue weighted by molar-refractivity contribution is 5.94. The number of hydrogen-bond acceptors (Lipinski definition) is 5. The van der Waals surface area contributed by atoms with E-state index in [9.17, 15) is 4.79 Å². The second-order valence-corrected chi connectivity index (χ2v) is 6.38. The van der Waals surface area contributed by atoms with Crippen LogP contribution in [0.4, 0.5) is 0 Å². The zero-order valence-electron chi connectivity index (χ0n) is 14.7. The van der Waals surface area contributed by atoms with Gasteiger partial charge in [0.2, 0.25) is 11.7 Å². The average molecular weight is 385 g/mol. The Kier molecular flexibility index (Phi) is 5.88. The van der Waals surface area contributed by atoms with Crippen LogP contribution in [-0.2, 0) is 6.54 Å². The van der Waals surface area contributed by atoms with Crippen molar-refractivity contribution in [3.63, 3.8) is 0 Å². The molecule has 7 heteroatoms. The molecule has 3 aromatic rings. The molecule has 1 aliphatic rings. The molecule has 1 amide bonds. The molecular formula is C20H21ClN4O2. The van der Waals surface area contributed by atoms with Crippen LogP contribution in [0.25, 0.3) is 11.4 Å². The van der Waals surface area contributed by atoms with Crippen molar-refractivity contribution in [2.75, 3.05) is 6.54 Å². The number of aromatic nitrogens is 2. The van der Waals surface area contributed by atoms with Gasteiger partial charge in [-0.3, -0.25) is 4.79 Å². The second kappa shape index (κ2) is 8.33. The number of hydrogen-bond donors (Lipinski definition) is 1. The van der Waals surface area contributed by atoms with Crippen LogP contribution in [0.2, 0.25) is 0 Å². The van der Waals surface area contributed by atoms with Crippen LogP contribution in [0.5, 0.6) is 0 Å². The van der Waals surface area contributed by atoms with Gasteiger partial charge in [0, 0.05) is 24.2 Å². The van der Waals surface area contributed by atoms with Crippen LogP contribution in [0.1, 0.15) is 40.7 Å². The van der Waals surface area contributed by atoms with Gasteiger partial charge >= 0.3 is 0 Å². The predicted octanol–water partition coefficient (Wildman–Crippen LogP) is 3.59. The number of nitrogens with zero attached hydrogens (tertiary/aromatic N) is 3. The Hall–Kier alpha value is -2.70. The Morgan fingerprint density at radius 1 is 1.15 bits per heavy atom. The molecule has 4 rings (SSSR count). The predicted molar refractivity (Wildman–Crippen MR) is 104 cm³/mol. The van der Waals surface area contributed by atoms with E-state index in [2.05, 4.69) is 10.1 Å². The van der Waals surface area contributed by atoms with Gasteiger partial charge in [0.15, 0.2) is 0 Å². The van der Waals surface area contributed by atoms with Crippen molar-refractivity contribution in [2.24, 2.45) is 5.73 Å². The quantitative estimate of drug-likeness (QED) is 0.742. The van der Waals surface area contributed by atoms with Crippen molar-refractivity contribution in [3.05, 3.63) is 71.6 Å². The Labute approximate surface area is 163 Å². The largest absolute Gasteiger partial charge is 0.337 e. The van der Waals surface area contributed by atoms with E-state index in [0.29, 0.717) is 30.4 Å². The standard InChI is InChI=1S/C20H20N4O2.ClH/c21-13-14-8-10-15(11-9-14)18-22-19(26-23-18)17-7-4-12-24(17)20(25)16-5-2-1-3-6-16;/h1-3,5-6,8-11,17H,4,7,12-13,21H2;1H. The van der Waals surface area contributed by atoms with Gasteiger partial charge in [-0.1, -0.05) is 47.6 Å². The molecule has 27 heavy (non-hydrogen) atoms. The summed E-state index contributed by atoms with van der Waals surface area (Å²) in [5, 5.41) is 4.10. The minimum absolute atomic E-state index is 0. The van der Waals surface area contributed by atoms with E-state index in [1.807, 2.05) is 59.5 Å². The highest BCUT2D eigenvalue weighted by Crippen LogP contribution is 2.33. The first kappa shape index (κ1) is 19.1. The van der Waals surface area contributed by atoms with E-state index < -0.39 is 0 Å². The number of carbonyl (C=O) groups excluding carboxylic acids is 1. The van der Waals surface area contributed by atoms with Gasteiger partial charge in [0.05, 0.1) is 0 Å². The molecule has 6 nitrogen and oxygen atoms in total. The number of amides is 1. The number of halogens is 1. The second-order valence-electron chi connectivity index (χ2n) is 6.38. The first-order valence-corrected chi connectivity index (χ1v) is 8.75. The Morgan fingerprint density at radius 2 is 1.89 bits per heavy atom. The van der Waals surface area contributed by atoms with Crippen molar-refractivity contribution < 1.29 is 9.32 Å². The van der Waals surface area contributed by atoms with Crippen molar-refractivity contribution in [1.29, 1.82) is 0 Å². The SMILES string of the molecule is Cl.NCc1ccc(-c2noc(C3CCCN3C(=O)c3ccccc3)n2)cc1. The lowest BCUT2D eigenvalue weighted by Gasteiger charge is -2.21. The number of rotatable bonds is 4. The van der Waals surface area contributed by atoms with Crippen LogP contribution in [0.15, 0.2) is 59.1 Å². The highest BCUT2D eigenvalue weighted by atomic mass is 35.5. The summed E-state index contributed by atoms with van der Waals surface area (Å²) in [5.74, 6) is 1.02. The average Bonchev–Trinajstić information content (AvgIpc) is 3.37. The molecule has 2 N–H and O–H groups in total. The zero-order valence-corrected chi connectivity index (χ0v) is 15.6. The first-order chi connectivity index (χ1) is 12.8. The molecule has 1 atom stereocenters. The number of likely N-dealkylation sites (tertiary alicyclic amines) is 1. The summed E-state index contributed by atoms with van der Waals surface area (Å²) in [4.78, 5) is 19.2. The molecule has 0 aliphatic carbocycles. The van der Waals surface area contributed by atoms with E-state index in [1.165, 1.54) is 0 Å². The Balaban J connectivity index is 0.00000210.